The van der Waals surface area contributed by atoms with Crippen LogP contribution >= 0.6 is 11.8 Å². The Kier molecular flexibility index (Phi) is 7.74. The van der Waals surface area contributed by atoms with E-state index < -0.39 is 10.0 Å². The molecule has 0 radical (unpaired) electrons. The topological polar surface area (TPSA) is 66.5 Å². The maximum absolute atomic E-state index is 12.2. The maximum atomic E-state index is 12.2. The first kappa shape index (κ1) is 21.3. The van der Waals surface area contributed by atoms with Gasteiger partial charge in [-0.05, 0) is 31.5 Å². The molecular weight excluding hydrogens is 380 g/mol. The second-order valence-corrected chi connectivity index (χ2v) is 9.51. The van der Waals surface area contributed by atoms with E-state index in [0.717, 1.165) is 27.6 Å². The Morgan fingerprint density at radius 2 is 1.56 bits per heavy atom. The molecule has 2 aromatic rings. The number of thioether (sulfide) groups is 1. The molecule has 0 aliphatic rings. The van der Waals surface area contributed by atoms with E-state index >= 15 is 0 Å². The molecule has 0 heterocycles. The van der Waals surface area contributed by atoms with Crippen LogP contribution in [0.5, 0.6) is 0 Å². The summed E-state index contributed by atoms with van der Waals surface area (Å²) >= 11 is 1.73. The third-order valence-corrected chi connectivity index (χ3v) is 6.14. The number of nitrogens with zero attached hydrogens (tertiary/aromatic N) is 1. The maximum Gasteiger partial charge on any atom is 0.240 e. The first-order chi connectivity index (χ1) is 12.8. The van der Waals surface area contributed by atoms with Crippen LogP contribution < -0.4 is 9.62 Å². The number of sulfonamides is 1. The van der Waals surface area contributed by atoms with Gasteiger partial charge in [-0.3, -0.25) is 9.10 Å². The third-order valence-electron chi connectivity index (χ3n) is 3.97. The van der Waals surface area contributed by atoms with Gasteiger partial charge in [-0.15, -0.1) is 0 Å². The highest BCUT2D eigenvalue weighted by atomic mass is 32.2. The van der Waals surface area contributed by atoms with Crippen molar-refractivity contribution in [2.75, 3.05) is 29.4 Å². The summed E-state index contributed by atoms with van der Waals surface area (Å²) in [5.41, 5.74) is 4.01. The number of rotatable bonds is 9. The largest absolute Gasteiger partial charge is 0.354 e. The molecule has 0 aromatic heterocycles. The van der Waals surface area contributed by atoms with Crippen LogP contribution in [0, 0.1) is 13.8 Å². The van der Waals surface area contributed by atoms with Crippen LogP contribution in [-0.4, -0.2) is 39.4 Å². The summed E-state index contributed by atoms with van der Waals surface area (Å²) in [4.78, 5) is 12.2. The van der Waals surface area contributed by atoms with E-state index in [1.54, 1.807) is 23.9 Å². The molecule has 0 atom stereocenters. The van der Waals surface area contributed by atoms with Gasteiger partial charge in [0.25, 0.3) is 0 Å². The molecule has 27 heavy (non-hydrogen) atoms. The van der Waals surface area contributed by atoms with Gasteiger partial charge < -0.3 is 5.32 Å². The average Bonchev–Trinajstić information content (AvgIpc) is 2.61. The Morgan fingerprint density at radius 1 is 1.00 bits per heavy atom. The second-order valence-electron chi connectivity index (χ2n) is 6.49. The normalized spacial score (nSPS) is 11.2. The Bertz CT molecular complexity index is 848. The highest BCUT2D eigenvalue weighted by molar-refractivity contribution is 7.98. The lowest BCUT2D eigenvalue weighted by Gasteiger charge is -2.22. The molecule has 0 spiro atoms. The summed E-state index contributed by atoms with van der Waals surface area (Å²) in [5, 5.41) is 2.80. The fraction of sp³-hybridized carbons (Fsp3) is 0.350. The van der Waals surface area contributed by atoms with Gasteiger partial charge in [0.15, 0.2) is 0 Å². The molecule has 1 amide bonds. The molecule has 0 aliphatic carbocycles. The lowest BCUT2D eigenvalue weighted by molar-refractivity contribution is -0.119. The van der Waals surface area contributed by atoms with Crippen molar-refractivity contribution in [2.24, 2.45) is 0 Å². The lowest BCUT2D eigenvalue weighted by Crippen LogP contribution is -2.41. The fourth-order valence-electron chi connectivity index (χ4n) is 2.43. The van der Waals surface area contributed by atoms with Crippen LogP contribution in [0.4, 0.5) is 5.69 Å². The highest BCUT2D eigenvalue weighted by Gasteiger charge is 2.20. The van der Waals surface area contributed by atoms with Gasteiger partial charge in [0.1, 0.15) is 6.54 Å². The molecule has 0 fully saturated rings. The fourth-order valence-corrected chi connectivity index (χ4v) is 4.11. The Morgan fingerprint density at radius 3 is 2.11 bits per heavy atom. The predicted molar refractivity (Wildman–Crippen MR) is 114 cm³/mol. The van der Waals surface area contributed by atoms with Crippen molar-refractivity contribution in [3.63, 3.8) is 0 Å². The predicted octanol–water partition coefficient (Wildman–Crippen LogP) is 3.12. The van der Waals surface area contributed by atoms with Crippen molar-refractivity contribution in [3.8, 4) is 0 Å². The number of anilines is 1. The summed E-state index contributed by atoms with van der Waals surface area (Å²) in [6.45, 7) is 4.27. The summed E-state index contributed by atoms with van der Waals surface area (Å²) in [6, 6.07) is 15.5. The van der Waals surface area contributed by atoms with Crippen molar-refractivity contribution in [2.45, 2.75) is 19.6 Å². The van der Waals surface area contributed by atoms with E-state index in [9.17, 15) is 13.2 Å². The van der Waals surface area contributed by atoms with E-state index in [1.165, 1.54) is 11.1 Å². The molecular formula is C20H26N2O3S2. The standard InChI is InChI=1S/C20H26N2O3S2/c1-16-4-8-18(9-5-16)15-26-13-12-21-20(23)14-22(27(3,24)25)19-10-6-17(2)7-11-19/h4-11H,12-15H2,1-3H3,(H,21,23). The van der Waals surface area contributed by atoms with Crippen LogP contribution in [0.3, 0.4) is 0 Å². The average molecular weight is 407 g/mol. The van der Waals surface area contributed by atoms with Crippen molar-refractivity contribution < 1.29 is 13.2 Å². The van der Waals surface area contributed by atoms with Crippen LogP contribution in [-0.2, 0) is 20.6 Å². The van der Waals surface area contributed by atoms with Crippen molar-refractivity contribution in [3.05, 3.63) is 65.2 Å². The summed E-state index contributed by atoms with van der Waals surface area (Å²) in [6.07, 6.45) is 1.11. The number of hydrogen-bond donors (Lipinski definition) is 1. The molecule has 5 nitrogen and oxygen atoms in total. The number of amides is 1. The van der Waals surface area contributed by atoms with Gasteiger partial charge >= 0.3 is 0 Å². The van der Waals surface area contributed by atoms with E-state index in [4.69, 9.17) is 0 Å². The van der Waals surface area contributed by atoms with Crippen LogP contribution in [0.25, 0.3) is 0 Å². The minimum atomic E-state index is -3.53. The zero-order chi connectivity index (χ0) is 19.9. The number of aryl methyl sites for hydroxylation is 2. The first-order valence-corrected chi connectivity index (χ1v) is 11.7. The number of benzene rings is 2. The quantitative estimate of drug-likeness (QED) is 0.650. The molecule has 0 unspecified atom stereocenters. The molecule has 2 rings (SSSR count). The zero-order valence-electron chi connectivity index (χ0n) is 15.9. The first-order valence-electron chi connectivity index (χ1n) is 8.70. The second kappa shape index (κ2) is 9.80. The molecule has 0 saturated carbocycles. The van der Waals surface area contributed by atoms with Crippen LogP contribution in [0.1, 0.15) is 16.7 Å². The monoisotopic (exact) mass is 406 g/mol. The Balaban J connectivity index is 1.80. The Hall–Kier alpha value is -1.99. The lowest BCUT2D eigenvalue weighted by atomic mass is 10.2. The molecule has 0 saturated heterocycles. The third kappa shape index (κ3) is 7.27. The number of carbonyl (C=O) groups is 1. The molecule has 146 valence electrons. The van der Waals surface area contributed by atoms with E-state index in [2.05, 4.69) is 36.5 Å². The minimum absolute atomic E-state index is 0.218. The smallest absolute Gasteiger partial charge is 0.240 e. The van der Waals surface area contributed by atoms with Gasteiger partial charge in [-0.1, -0.05) is 47.5 Å². The van der Waals surface area contributed by atoms with Crippen LogP contribution in [0.15, 0.2) is 48.5 Å². The van der Waals surface area contributed by atoms with Crippen molar-refractivity contribution in [1.29, 1.82) is 0 Å². The Labute approximate surface area is 166 Å². The molecule has 1 N–H and O–H groups in total. The summed E-state index contributed by atoms with van der Waals surface area (Å²) in [5.74, 6) is 1.34. The van der Waals surface area contributed by atoms with Gasteiger partial charge in [-0.2, -0.15) is 11.8 Å². The van der Waals surface area contributed by atoms with E-state index in [0.29, 0.717) is 12.2 Å². The SMILES string of the molecule is Cc1ccc(CSCCNC(=O)CN(c2ccc(C)cc2)S(C)(=O)=O)cc1. The molecule has 7 heteroatoms. The minimum Gasteiger partial charge on any atom is -0.354 e. The van der Waals surface area contributed by atoms with Gasteiger partial charge in [-0.25, -0.2) is 8.42 Å². The molecule has 0 aliphatic heterocycles. The summed E-state index contributed by atoms with van der Waals surface area (Å²) < 4.78 is 25.2. The van der Waals surface area contributed by atoms with Gasteiger partial charge in [0, 0.05) is 18.1 Å². The van der Waals surface area contributed by atoms with Crippen molar-refractivity contribution >= 4 is 33.4 Å². The van der Waals surface area contributed by atoms with Gasteiger partial charge in [0.2, 0.25) is 15.9 Å². The van der Waals surface area contributed by atoms with Crippen molar-refractivity contribution in [1.82, 2.24) is 5.32 Å². The number of hydrogen-bond acceptors (Lipinski definition) is 4. The molecule has 2 aromatic carbocycles. The van der Waals surface area contributed by atoms with Gasteiger partial charge in [0.05, 0.1) is 11.9 Å². The highest BCUT2D eigenvalue weighted by Crippen LogP contribution is 2.18. The van der Waals surface area contributed by atoms with Crippen LogP contribution in [0.2, 0.25) is 0 Å². The number of carbonyl (C=O) groups excluding carboxylic acids is 1. The van der Waals surface area contributed by atoms with E-state index in [-0.39, 0.29) is 12.5 Å². The summed E-state index contributed by atoms with van der Waals surface area (Å²) in [7, 11) is -3.53. The zero-order valence-corrected chi connectivity index (χ0v) is 17.6. The van der Waals surface area contributed by atoms with E-state index in [1.807, 2.05) is 19.1 Å². The number of nitrogens with one attached hydrogen (secondary N) is 1. The molecule has 0 bridgehead atoms.